The second kappa shape index (κ2) is 11.8. The second-order valence-corrected chi connectivity index (χ2v) is 8.82. The minimum Gasteiger partial charge on any atom is -0.542 e. The third-order valence-corrected chi connectivity index (χ3v) is 5.64. The average molecular weight is 550 g/mol. The fourth-order valence-electron chi connectivity index (χ4n) is 3.78. The first-order chi connectivity index (χ1) is 15.3. The molecule has 1 radical (unpaired) electrons. The van der Waals surface area contributed by atoms with Crippen molar-refractivity contribution in [1.29, 1.82) is 0 Å². The zero-order chi connectivity index (χ0) is 23.5. The number of hydrogen-bond acceptors (Lipinski definition) is 6. The van der Waals surface area contributed by atoms with Crippen LogP contribution in [0.25, 0.3) is 0 Å². The summed E-state index contributed by atoms with van der Waals surface area (Å²) in [5.41, 5.74) is 1.27. The second-order valence-electron chi connectivity index (χ2n) is 8.39. The van der Waals surface area contributed by atoms with Crippen molar-refractivity contribution in [3.63, 3.8) is 0 Å². The summed E-state index contributed by atoms with van der Waals surface area (Å²) in [5.74, 6) is 0.573. The summed E-state index contributed by atoms with van der Waals surface area (Å²) in [6.07, 6.45) is -0.277. The van der Waals surface area contributed by atoms with Crippen molar-refractivity contribution in [2.45, 2.75) is 32.5 Å². The normalized spacial score (nSPS) is 18.1. The van der Waals surface area contributed by atoms with Gasteiger partial charge < -0.3 is 29.0 Å². The van der Waals surface area contributed by atoms with Crippen LogP contribution in [0.2, 0.25) is 5.02 Å². The number of benzene rings is 2. The van der Waals surface area contributed by atoms with Gasteiger partial charge in [0.1, 0.15) is 12.2 Å². The van der Waals surface area contributed by atoms with Crippen molar-refractivity contribution in [2.75, 3.05) is 32.3 Å². The molecule has 7 nitrogen and oxygen atoms in total. The topological polar surface area (TPSA) is 85.3 Å². The summed E-state index contributed by atoms with van der Waals surface area (Å²) in [4.78, 5) is 26.3. The molecule has 0 saturated carbocycles. The zero-order valence-corrected chi connectivity index (χ0v) is 22.7. The molecule has 0 fully saturated rings. The molecule has 0 aromatic heterocycles. The first kappa shape index (κ1) is 27.7. The van der Waals surface area contributed by atoms with Crippen LogP contribution in [0.4, 0.5) is 5.69 Å². The van der Waals surface area contributed by atoms with Crippen LogP contribution in [0.5, 0.6) is 11.5 Å². The van der Waals surface area contributed by atoms with E-state index < -0.39 is 17.6 Å². The Morgan fingerprint density at radius 2 is 1.91 bits per heavy atom. The van der Waals surface area contributed by atoms with Crippen molar-refractivity contribution in [2.24, 2.45) is 5.41 Å². The molecule has 2 aromatic rings. The number of aliphatic hydroxyl groups is 1. The number of nitrogens with zero attached hydrogens (tertiary/aromatic N) is 1. The number of aliphatic hydroxyl groups excluding tert-OH is 1. The monoisotopic (exact) mass is 549 g/mol. The number of amides is 1. The fraction of sp³-hybridized carbons (Fsp3) is 0.417. The number of fused-ring (bicyclic) bond motifs is 1. The van der Waals surface area contributed by atoms with Gasteiger partial charge in [-0.15, -0.1) is 6.42 Å². The Morgan fingerprint density at radius 3 is 2.52 bits per heavy atom. The van der Waals surface area contributed by atoms with Gasteiger partial charge in [-0.25, -0.2) is 0 Å². The van der Waals surface area contributed by atoms with Crippen LogP contribution in [-0.4, -0.2) is 50.8 Å². The molecule has 1 aliphatic rings. The molecule has 2 aromatic carbocycles. The molecule has 9 heteroatoms. The van der Waals surface area contributed by atoms with Crippen LogP contribution in [0.1, 0.15) is 37.5 Å². The van der Waals surface area contributed by atoms with E-state index in [1.54, 1.807) is 41.5 Å². The maximum absolute atomic E-state index is 13.5. The molecule has 1 N–H and O–H groups in total. The van der Waals surface area contributed by atoms with Crippen LogP contribution in [0.15, 0.2) is 36.4 Å². The first-order valence-electron chi connectivity index (χ1n) is 10.2. The van der Waals surface area contributed by atoms with Crippen molar-refractivity contribution < 1.29 is 61.6 Å². The van der Waals surface area contributed by atoms with Gasteiger partial charge in [0, 0.05) is 73.1 Å². The zero-order valence-electron chi connectivity index (χ0n) is 19.1. The molecule has 0 aliphatic carbocycles. The van der Waals surface area contributed by atoms with E-state index in [0.29, 0.717) is 33.3 Å². The van der Waals surface area contributed by atoms with Gasteiger partial charge in [-0.2, -0.15) is 0 Å². The summed E-state index contributed by atoms with van der Waals surface area (Å²) in [6.45, 7) is 3.80. The summed E-state index contributed by atoms with van der Waals surface area (Å²) >= 11 is 6.34. The van der Waals surface area contributed by atoms with Gasteiger partial charge in [0.2, 0.25) is 0 Å². The van der Waals surface area contributed by atoms with Gasteiger partial charge in [0.05, 0.1) is 14.2 Å². The molecule has 1 heterocycles. The van der Waals surface area contributed by atoms with Crippen molar-refractivity contribution in [3.05, 3.63) is 52.5 Å². The maximum atomic E-state index is 13.5. The Morgan fingerprint density at radius 1 is 1.18 bits per heavy atom. The largest absolute Gasteiger partial charge is 0.542 e. The summed E-state index contributed by atoms with van der Waals surface area (Å²) in [6, 6.07) is 10.5. The van der Waals surface area contributed by atoms with Crippen LogP contribution >= 0.6 is 11.6 Å². The van der Waals surface area contributed by atoms with Crippen LogP contribution in [0.3, 0.4) is 0 Å². The van der Waals surface area contributed by atoms with Crippen molar-refractivity contribution >= 4 is 29.5 Å². The Hall–Kier alpha value is -1.51. The predicted octanol–water partition coefficient (Wildman–Crippen LogP) is 3.69. The van der Waals surface area contributed by atoms with Crippen LogP contribution in [0, 0.1) is 5.41 Å². The fourth-order valence-corrected chi connectivity index (χ4v) is 3.96. The molecule has 3 rings (SSSR count). The summed E-state index contributed by atoms with van der Waals surface area (Å²) < 4.78 is 17.3. The molecule has 1 aliphatic heterocycles. The molecule has 0 saturated heterocycles. The molecule has 33 heavy (non-hydrogen) atoms. The van der Waals surface area contributed by atoms with E-state index >= 15 is 0 Å². The van der Waals surface area contributed by atoms with Gasteiger partial charge in [-0.1, -0.05) is 37.6 Å². The maximum Gasteiger partial charge on any atom is 0.253 e. The Balaban J connectivity index is 0.00000385. The SMILES string of the molecule is COc1cccc([C@H]2O[C@H](C[C-]=O)C(=O)N(CC(C)(C)CO)c3ccc(Cl)cc32)c1OC.[Y]. The van der Waals surface area contributed by atoms with E-state index in [1.165, 1.54) is 14.2 Å². The van der Waals surface area contributed by atoms with E-state index in [4.69, 9.17) is 25.8 Å². The first-order valence-corrected chi connectivity index (χ1v) is 10.6. The van der Waals surface area contributed by atoms with Gasteiger partial charge >= 0.3 is 0 Å². The number of hydrogen-bond donors (Lipinski definition) is 1. The van der Waals surface area contributed by atoms with E-state index in [-0.39, 0.29) is 58.2 Å². The molecular formula is C24H27ClNO6Y-. The van der Waals surface area contributed by atoms with Crippen molar-refractivity contribution in [1.82, 2.24) is 0 Å². The smallest absolute Gasteiger partial charge is 0.253 e. The number of ether oxygens (including phenoxy) is 3. The molecule has 175 valence electrons. The molecule has 0 unspecified atom stereocenters. The molecule has 0 spiro atoms. The number of halogens is 1. The quantitative estimate of drug-likeness (QED) is 0.506. The molecule has 0 bridgehead atoms. The Labute approximate surface area is 224 Å². The minimum absolute atomic E-state index is 0. The number of rotatable bonds is 8. The third-order valence-electron chi connectivity index (χ3n) is 5.40. The van der Waals surface area contributed by atoms with E-state index in [0.717, 1.165) is 0 Å². The standard InChI is InChI=1S/C24H27ClNO6.Y/c1-24(2,14-28)13-26-18-9-8-15(25)12-17(18)21(32-20(10-11-27)23(26)29)16-6-5-7-19(30-3)22(16)31-4;/h5-9,12,20-21,28H,10,13-14H2,1-4H3;/q-1;/t20-,21-;/m1./s1. The Kier molecular flexibility index (Phi) is 9.88. The van der Waals surface area contributed by atoms with E-state index in [2.05, 4.69) is 0 Å². The number of methoxy groups -OCH3 is 2. The molecule has 2 atom stereocenters. The van der Waals surface area contributed by atoms with Gasteiger partial charge in [0.15, 0.2) is 11.5 Å². The van der Waals surface area contributed by atoms with Crippen LogP contribution < -0.4 is 14.4 Å². The minimum atomic E-state index is -1.07. The summed E-state index contributed by atoms with van der Waals surface area (Å²) in [7, 11) is 3.06. The van der Waals surface area contributed by atoms with Gasteiger partial charge in [0.25, 0.3) is 5.91 Å². The molecule has 1 amide bonds. The molecular weight excluding hydrogens is 523 g/mol. The number of para-hydroxylation sites is 1. The van der Waals surface area contributed by atoms with Gasteiger partial charge in [-0.3, -0.25) is 11.1 Å². The van der Waals surface area contributed by atoms with Crippen molar-refractivity contribution in [3.8, 4) is 11.5 Å². The predicted molar refractivity (Wildman–Crippen MR) is 121 cm³/mol. The third kappa shape index (κ3) is 5.95. The van der Waals surface area contributed by atoms with E-state index in [1.807, 2.05) is 19.9 Å². The Bertz CT molecular complexity index is 999. The number of anilines is 1. The number of carbonyl (C=O) groups is 1. The van der Waals surface area contributed by atoms with E-state index in [9.17, 15) is 14.7 Å². The van der Waals surface area contributed by atoms with Gasteiger partial charge in [-0.05, 0) is 24.3 Å². The van der Waals surface area contributed by atoms with Crippen LogP contribution in [-0.2, 0) is 47.0 Å². The number of carbonyl (C=O) groups excluding carboxylic acids is 2. The summed E-state index contributed by atoms with van der Waals surface area (Å²) in [5, 5.41) is 10.3. The average Bonchev–Trinajstić information content (AvgIpc) is 2.88.